The Kier molecular flexibility index (Phi) is 7.82. The van der Waals surface area contributed by atoms with Crippen LogP contribution < -0.4 is 14.8 Å². The van der Waals surface area contributed by atoms with E-state index in [1.54, 1.807) is 44.4 Å². The normalized spacial score (nSPS) is 10.8. The molecule has 1 N–H and O–H groups in total. The maximum absolute atomic E-state index is 14.7. The van der Waals surface area contributed by atoms with E-state index >= 15 is 0 Å². The van der Waals surface area contributed by atoms with Gasteiger partial charge >= 0.3 is 0 Å². The van der Waals surface area contributed by atoms with Crippen molar-refractivity contribution in [3.05, 3.63) is 65.6 Å². The van der Waals surface area contributed by atoms with Crippen molar-refractivity contribution in [2.75, 3.05) is 33.1 Å². The fourth-order valence-electron chi connectivity index (χ4n) is 3.59. The summed E-state index contributed by atoms with van der Waals surface area (Å²) in [6.45, 7) is 4.92. The molecule has 174 valence electrons. The molecule has 0 unspecified atom stereocenters. The molecule has 1 amide bonds. The predicted molar refractivity (Wildman–Crippen MR) is 126 cm³/mol. The Hall–Kier alpha value is -3.68. The number of carbonyl (C=O) groups excluding carboxylic acids is 1. The van der Waals surface area contributed by atoms with Gasteiger partial charge in [-0.15, -0.1) is 0 Å². The van der Waals surface area contributed by atoms with Gasteiger partial charge in [0.15, 0.2) is 0 Å². The van der Waals surface area contributed by atoms with Crippen LogP contribution in [0.25, 0.3) is 11.3 Å². The van der Waals surface area contributed by atoms with Gasteiger partial charge in [0.1, 0.15) is 17.3 Å². The topological polar surface area (TPSA) is 76.6 Å². The largest absolute Gasteiger partial charge is 0.496 e. The summed E-state index contributed by atoms with van der Waals surface area (Å²) in [6.07, 6.45) is 1.44. The first kappa shape index (κ1) is 24.0. The van der Waals surface area contributed by atoms with Crippen LogP contribution in [0.1, 0.15) is 29.8 Å². The molecule has 8 heteroatoms. The summed E-state index contributed by atoms with van der Waals surface area (Å²) in [5.74, 6) is 1.11. The second-order valence-corrected chi connectivity index (χ2v) is 8.01. The number of hydrogen-bond donors (Lipinski definition) is 1. The number of methoxy groups -OCH3 is 2. The number of halogens is 1. The fraction of sp³-hybridized carbons (Fsp3) is 0.320. The maximum Gasteiger partial charge on any atom is 0.257 e. The molecule has 7 nitrogen and oxygen atoms in total. The molecule has 0 saturated carbocycles. The Bertz CT molecular complexity index is 1100. The van der Waals surface area contributed by atoms with Gasteiger partial charge in [0.25, 0.3) is 5.91 Å². The zero-order valence-corrected chi connectivity index (χ0v) is 19.6. The molecule has 0 bridgehead atoms. The van der Waals surface area contributed by atoms with E-state index in [9.17, 15) is 9.18 Å². The standard InChI is InChI=1S/C25H29FN4O3/c1-16(2)15-30(3)24(31)19-14-28-25(29-23(19)17-9-6-7-10-20(17)26)27-13-18-21(32-4)11-8-12-22(18)33-5/h6-12,14,16H,13,15H2,1-5H3,(H,27,28,29). The first-order valence-electron chi connectivity index (χ1n) is 10.7. The highest BCUT2D eigenvalue weighted by Gasteiger charge is 2.22. The molecular formula is C25H29FN4O3. The van der Waals surface area contributed by atoms with Crippen molar-refractivity contribution >= 4 is 11.9 Å². The first-order chi connectivity index (χ1) is 15.8. The van der Waals surface area contributed by atoms with E-state index in [0.717, 1.165) is 5.56 Å². The lowest BCUT2D eigenvalue weighted by atomic mass is 10.1. The third-order valence-electron chi connectivity index (χ3n) is 5.09. The molecule has 0 aliphatic heterocycles. The summed E-state index contributed by atoms with van der Waals surface area (Å²) < 4.78 is 25.5. The van der Waals surface area contributed by atoms with Crippen LogP contribution in [0.15, 0.2) is 48.7 Å². The molecule has 3 aromatic rings. The molecule has 0 spiro atoms. The molecule has 0 atom stereocenters. The summed E-state index contributed by atoms with van der Waals surface area (Å²) in [5.41, 5.74) is 1.50. The van der Waals surface area contributed by atoms with E-state index in [-0.39, 0.29) is 34.6 Å². The summed E-state index contributed by atoms with van der Waals surface area (Å²) in [6, 6.07) is 11.7. The third kappa shape index (κ3) is 5.58. The van der Waals surface area contributed by atoms with E-state index in [4.69, 9.17) is 9.47 Å². The number of hydrogen-bond acceptors (Lipinski definition) is 6. The highest BCUT2D eigenvalue weighted by molar-refractivity contribution is 5.99. The number of ether oxygens (including phenoxy) is 2. The fourth-order valence-corrected chi connectivity index (χ4v) is 3.59. The van der Waals surface area contributed by atoms with Crippen LogP contribution in [0.2, 0.25) is 0 Å². The molecule has 2 aromatic carbocycles. The van der Waals surface area contributed by atoms with Crippen LogP contribution >= 0.6 is 0 Å². The highest BCUT2D eigenvalue weighted by Crippen LogP contribution is 2.30. The third-order valence-corrected chi connectivity index (χ3v) is 5.09. The van der Waals surface area contributed by atoms with Gasteiger partial charge < -0.3 is 19.7 Å². The van der Waals surface area contributed by atoms with E-state index in [1.165, 1.54) is 12.3 Å². The first-order valence-corrected chi connectivity index (χ1v) is 10.7. The van der Waals surface area contributed by atoms with Crippen LogP contribution in [-0.4, -0.2) is 48.6 Å². The van der Waals surface area contributed by atoms with Gasteiger partial charge in [-0.1, -0.05) is 32.0 Å². The van der Waals surface area contributed by atoms with E-state index in [2.05, 4.69) is 15.3 Å². The van der Waals surface area contributed by atoms with Gasteiger partial charge in [0, 0.05) is 25.4 Å². The van der Waals surface area contributed by atoms with Gasteiger partial charge in [-0.2, -0.15) is 0 Å². The van der Waals surface area contributed by atoms with Crippen molar-refractivity contribution in [2.45, 2.75) is 20.4 Å². The summed E-state index contributed by atoms with van der Waals surface area (Å²) in [5, 5.41) is 3.14. The number of benzene rings is 2. The number of nitrogens with one attached hydrogen (secondary N) is 1. The smallest absolute Gasteiger partial charge is 0.257 e. The molecular weight excluding hydrogens is 423 g/mol. The van der Waals surface area contributed by atoms with E-state index < -0.39 is 5.82 Å². The number of carbonyl (C=O) groups is 1. The number of anilines is 1. The monoisotopic (exact) mass is 452 g/mol. The van der Waals surface area contributed by atoms with Crippen molar-refractivity contribution in [2.24, 2.45) is 5.92 Å². The zero-order chi connectivity index (χ0) is 24.0. The number of rotatable bonds is 9. The van der Waals surface area contributed by atoms with Crippen LogP contribution in [0, 0.1) is 11.7 Å². The highest BCUT2D eigenvalue weighted by atomic mass is 19.1. The Labute approximate surface area is 193 Å². The predicted octanol–water partition coefficient (Wildman–Crippen LogP) is 4.64. The van der Waals surface area contributed by atoms with Gasteiger partial charge in [-0.3, -0.25) is 4.79 Å². The lowest BCUT2D eigenvalue weighted by Gasteiger charge is -2.21. The van der Waals surface area contributed by atoms with E-state index in [1.807, 2.05) is 32.0 Å². The van der Waals surface area contributed by atoms with Crippen LogP contribution in [-0.2, 0) is 6.54 Å². The van der Waals surface area contributed by atoms with Crippen molar-refractivity contribution in [3.63, 3.8) is 0 Å². The quantitative estimate of drug-likeness (QED) is 0.510. The minimum atomic E-state index is -0.464. The van der Waals surface area contributed by atoms with Crippen molar-refractivity contribution in [3.8, 4) is 22.8 Å². The Morgan fingerprint density at radius 1 is 1.09 bits per heavy atom. The lowest BCUT2D eigenvalue weighted by molar-refractivity contribution is 0.0779. The molecule has 0 saturated heterocycles. The molecule has 1 aromatic heterocycles. The van der Waals surface area contributed by atoms with Crippen LogP contribution in [0.4, 0.5) is 10.3 Å². The van der Waals surface area contributed by atoms with Gasteiger partial charge in [0.2, 0.25) is 5.95 Å². The Morgan fingerprint density at radius 3 is 2.36 bits per heavy atom. The number of nitrogens with zero attached hydrogens (tertiary/aromatic N) is 3. The number of aromatic nitrogens is 2. The zero-order valence-electron chi connectivity index (χ0n) is 19.6. The molecule has 0 aliphatic rings. The van der Waals surface area contributed by atoms with Crippen molar-refractivity contribution in [1.29, 1.82) is 0 Å². The maximum atomic E-state index is 14.7. The minimum absolute atomic E-state index is 0.234. The number of amides is 1. The summed E-state index contributed by atoms with van der Waals surface area (Å²) in [7, 11) is 4.88. The average molecular weight is 453 g/mol. The molecule has 0 aliphatic carbocycles. The Morgan fingerprint density at radius 2 is 1.76 bits per heavy atom. The second kappa shape index (κ2) is 10.8. The minimum Gasteiger partial charge on any atom is -0.496 e. The molecule has 0 radical (unpaired) electrons. The van der Waals surface area contributed by atoms with Gasteiger partial charge in [-0.05, 0) is 30.2 Å². The second-order valence-electron chi connectivity index (χ2n) is 8.01. The molecule has 0 fully saturated rings. The van der Waals surface area contributed by atoms with Crippen molar-refractivity contribution < 1.29 is 18.7 Å². The summed E-state index contributed by atoms with van der Waals surface area (Å²) in [4.78, 5) is 23.6. The summed E-state index contributed by atoms with van der Waals surface area (Å²) >= 11 is 0. The van der Waals surface area contributed by atoms with Crippen LogP contribution in [0.5, 0.6) is 11.5 Å². The molecule has 1 heterocycles. The SMILES string of the molecule is COc1cccc(OC)c1CNc1ncc(C(=O)N(C)CC(C)C)c(-c2ccccc2F)n1. The van der Waals surface area contributed by atoms with Crippen molar-refractivity contribution in [1.82, 2.24) is 14.9 Å². The lowest BCUT2D eigenvalue weighted by Crippen LogP contribution is -2.31. The Balaban J connectivity index is 1.98. The molecule has 33 heavy (non-hydrogen) atoms. The van der Waals surface area contributed by atoms with E-state index in [0.29, 0.717) is 24.6 Å². The van der Waals surface area contributed by atoms with Gasteiger partial charge in [0.05, 0.1) is 37.6 Å². The van der Waals surface area contributed by atoms with Gasteiger partial charge in [-0.25, -0.2) is 14.4 Å². The van der Waals surface area contributed by atoms with Crippen LogP contribution in [0.3, 0.4) is 0 Å². The molecule has 3 rings (SSSR count). The average Bonchev–Trinajstić information content (AvgIpc) is 2.81.